The summed E-state index contributed by atoms with van der Waals surface area (Å²) in [6, 6.07) is 9.58. The minimum absolute atomic E-state index is 0.115. The van der Waals surface area contributed by atoms with Gasteiger partial charge in [0.05, 0.1) is 17.9 Å². The quantitative estimate of drug-likeness (QED) is 0.690. The molecule has 5 nitrogen and oxygen atoms in total. The fraction of sp³-hybridized carbons (Fsp3) is 0.316. The first kappa shape index (κ1) is 14.9. The first-order valence-corrected chi connectivity index (χ1v) is 8.06. The summed E-state index contributed by atoms with van der Waals surface area (Å²) < 4.78 is 7.79. The number of fused-ring (bicyclic) bond motifs is 2. The van der Waals surface area contributed by atoms with E-state index in [1.165, 1.54) is 0 Å². The number of hydrogen-bond donors (Lipinski definition) is 0. The monoisotopic (exact) mass is 321 g/mol. The first-order valence-electron chi connectivity index (χ1n) is 8.06. The van der Waals surface area contributed by atoms with Gasteiger partial charge in [-0.15, -0.1) is 0 Å². The number of aryl methyl sites for hydroxylation is 1. The van der Waals surface area contributed by atoms with Crippen LogP contribution in [0.25, 0.3) is 11.0 Å². The molecule has 24 heavy (non-hydrogen) atoms. The van der Waals surface area contributed by atoms with Gasteiger partial charge in [-0.05, 0) is 39.0 Å². The molecule has 4 rings (SSSR count). The molecule has 3 aromatic rings. The fourth-order valence-corrected chi connectivity index (χ4v) is 3.37. The largest absolute Gasteiger partial charge is 0.487 e. The summed E-state index contributed by atoms with van der Waals surface area (Å²) in [5, 5.41) is 0. The number of aromatic nitrogens is 3. The SMILES string of the molecule is Cc1ccc2c(c1)[C@H](n1cnc3cccnc3c1=O)CC(C)(C)O2. The van der Waals surface area contributed by atoms with Gasteiger partial charge in [-0.2, -0.15) is 0 Å². The van der Waals surface area contributed by atoms with Crippen molar-refractivity contribution >= 4 is 11.0 Å². The summed E-state index contributed by atoms with van der Waals surface area (Å²) in [7, 11) is 0. The third-order valence-corrected chi connectivity index (χ3v) is 4.48. The van der Waals surface area contributed by atoms with Gasteiger partial charge in [0.2, 0.25) is 0 Å². The normalized spacial score (nSPS) is 18.9. The molecule has 3 heterocycles. The second-order valence-corrected chi connectivity index (χ2v) is 6.95. The van der Waals surface area contributed by atoms with Crippen molar-refractivity contribution in [3.8, 4) is 5.75 Å². The number of pyridine rings is 1. The number of ether oxygens (including phenoxy) is 1. The van der Waals surface area contributed by atoms with E-state index in [4.69, 9.17) is 4.74 Å². The van der Waals surface area contributed by atoms with Gasteiger partial charge in [0.1, 0.15) is 11.4 Å². The maximum atomic E-state index is 13.0. The minimum atomic E-state index is -0.356. The molecule has 0 N–H and O–H groups in total. The van der Waals surface area contributed by atoms with Crippen molar-refractivity contribution in [1.82, 2.24) is 14.5 Å². The molecule has 1 aliphatic heterocycles. The fourth-order valence-electron chi connectivity index (χ4n) is 3.37. The summed E-state index contributed by atoms with van der Waals surface area (Å²) in [5.41, 5.74) is 2.71. The molecule has 0 amide bonds. The van der Waals surface area contributed by atoms with Gasteiger partial charge in [-0.25, -0.2) is 9.97 Å². The second-order valence-electron chi connectivity index (χ2n) is 6.95. The van der Waals surface area contributed by atoms with Crippen LogP contribution in [0.2, 0.25) is 0 Å². The van der Waals surface area contributed by atoms with Crippen LogP contribution >= 0.6 is 0 Å². The van der Waals surface area contributed by atoms with E-state index in [0.717, 1.165) is 16.9 Å². The molecule has 0 fully saturated rings. The molecule has 1 aromatic carbocycles. The van der Waals surface area contributed by atoms with E-state index in [2.05, 4.69) is 16.0 Å². The molecule has 2 aromatic heterocycles. The van der Waals surface area contributed by atoms with Crippen LogP contribution < -0.4 is 10.3 Å². The number of rotatable bonds is 1. The molecule has 1 aliphatic rings. The molecule has 0 unspecified atom stereocenters. The number of nitrogens with zero attached hydrogens (tertiary/aromatic N) is 3. The summed E-state index contributed by atoms with van der Waals surface area (Å²) in [6.07, 6.45) is 3.95. The van der Waals surface area contributed by atoms with Crippen molar-refractivity contribution in [2.45, 2.75) is 38.8 Å². The van der Waals surface area contributed by atoms with Crippen LogP contribution in [0.15, 0.2) is 47.7 Å². The Bertz CT molecular complexity index is 991. The maximum Gasteiger partial charge on any atom is 0.280 e. The first-order chi connectivity index (χ1) is 11.4. The van der Waals surface area contributed by atoms with Crippen LogP contribution in [-0.2, 0) is 0 Å². The summed E-state index contributed by atoms with van der Waals surface area (Å²) in [5.74, 6) is 0.829. The lowest BCUT2D eigenvalue weighted by Gasteiger charge is -2.38. The van der Waals surface area contributed by atoms with Crippen LogP contribution in [0, 0.1) is 6.92 Å². The van der Waals surface area contributed by atoms with Gasteiger partial charge in [0.25, 0.3) is 5.56 Å². The van der Waals surface area contributed by atoms with Crippen molar-refractivity contribution in [2.75, 3.05) is 0 Å². The highest BCUT2D eigenvalue weighted by molar-refractivity contribution is 5.72. The topological polar surface area (TPSA) is 57.0 Å². The Morgan fingerprint density at radius 1 is 1.25 bits per heavy atom. The third kappa shape index (κ3) is 2.37. The van der Waals surface area contributed by atoms with Crippen LogP contribution in [-0.4, -0.2) is 20.1 Å². The van der Waals surface area contributed by atoms with Gasteiger partial charge in [-0.1, -0.05) is 17.7 Å². The molecule has 0 spiro atoms. The standard InChI is InChI=1S/C19H19N3O2/c1-12-6-7-16-13(9-12)15(10-19(2,3)24-16)22-11-21-14-5-4-8-20-17(14)18(22)23/h4-9,11,15H,10H2,1-3H3/t15-/m1/s1. The molecule has 122 valence electrons. The van der Waals surface area contributed by atoms with E-state index < -0.39 is 0 Å². The summed E-state index contributed by atoms with van der Waals surface area (Å²) in [4.78, 5) is 21.6. The van der Waals surface area contributed by atoms with Crippen LogP contribution in [0.5, 0.6) is 5.75 Å². The van der Waals surface area contributed by atoms with Crippen molar-refractivity contribution in [1.29, 1.82) is 0 Å². The number of benzene rings is 1. The van der Waals surface area contributed by atoms with Crippen LogP contribution in [0.3, 0.4) is 0 Å². The van der Waals surface area contributed by atoms with E-state index in [0.29, 0.717) is 17.5 Å². The lowest BCUT2D eigenvalue weighted by atomic mass is 9.88. The van der Waals surface area contributed by atoms with Gasteiger partial charge in [0.15, 0.2) is 5.52 Å². The lowest BCUT2D eigenvalue weighted by molar-refractivity contribution is 0.0663. The highest BCUT2D eigenvalue weighted by Gasteiger charge is 2.35. The van der Waals surface area contributed by atoms with Crippen molar-refractivity contribution in [3.05, 3.63) is 64.3 Å². The molecule has 0 radical (unpaired) electrons. The second kappa shape index (κ2) is 5.16. The third-order valence-electron chi connectivity index (χ3n) is 4.48. The average Bonchev–Trinajstić information content (AvgIpc) is 2.55. The lowest BCUT2D eigenvalue weighted by Crippen LogP contribution is -2.39. The molecular weight excluding hydrogens is 302 g/mol. The smallest absolute Gasteiger partial charge is 0.280 e. The Morgan fingerprint density at radius 2 is 2.08 bits per heavy atom. The van der Waals surface area contributed by atoms with E-state index in [9.17, 15) is 4.79 Å². The predicted octanol–water partition coefficient (Wildman–Crippen LogP) is 3.25. The summed E-state index contributed by atoms with van der Waals surface area (Å²) >= 11 is 0. The Labute approximate surface area is 139 Å². The number of hydrogen-bond acceptors (Lipinski definition) is 4. The highest BCUT2D eigenvalue weighted by Crippen LogP contribution is 2.41. The highest BCUT2D eigenvalue weighted by atomic mass is 16.5. The molecule has 0 saturated heterocycles. The van der Waals surface area contributed by atoms with Crippen molar-refractivity contribution in [2.24, 2.45) is 0 Å². The molecule has 0 aliphatic carbocycles. The molecule has 5 heteroatoms. The van der Waals surface area contributed by atoms with Gasteiger partial charge in [-0.3, -0.25) is 9.36 Å². The maximum absolute atomic E-state index is 13.0. The Morgan fingerprint density at radius 3 is 2.92 bits per heavy atom. The molecule has 1 atom stereocenters. The predicted molar refractivity (Wildman–Crippen MR) is 92.4 cm³/mol. The van der Waals surface area contributed by atoms with Gasteiger partial charge >= 0.3 is 0 Å². The zero-order valence-corrected chi connectivity index (χ0v) is 14.0. The summed E-state index contributed by atoms with van der Waals surface area (Å²) in [6.45, 7) is 6.13. The zero-order chi connectivity index (χ0) is 16.9. The van der Waals surface area contributed by atoms with Crippen LogP contribution in [0.1, 0.15) is 37.4 Å². The zero-order valence-electron chi connectivity index (χ0n) is 14.0. The molecule has 0 saturated carbocycles. The van der Waals surface area contributed by atoms with E-state index in [-0.39, 0.29) is 17.2 Å². The van der Waals surface area contributed by atoms with Crippen molar-refractivity contribution in [3.63, 3.8) is 0 Å². The Kier molecular flexibility index (Phi) is 3.20. The van der Waals surface area contributed by atoms with E-state index >= 15 is 0 Å². The van der Waals surface area contributed by atoms with Crippen molar-refractivity contribution < 1.29 is 4.74 Å². The van der Waals surface area contributed by atoms with E-state index in [1.54, 1.807) is 29.2 Å². The van der Waals surface area contributed by atoms with Gasteiger partial charge in [0, 0.05) is 18.2 Å². The Balaban J connectivity index is 1.95. The van der Waals surface area contributed by atoms with Crippen LogP contribution in [0.4, 0.5) is 0 Å². The minimum Gasteiger partial charge on any atom is -0.487 e. The Hall–Kier alpha value is -2.69. The van der Waals surface area contributed by atoms with E-state index in [1.807, 2.05) is 32.9 Å². The van der Waals surface area contributed by atoms with Gasteiger partial charge < -0.3 is 4.74 Å². The average molecular weight is 321 g/mol. The molecular formula is C19H19N3O2. The molecule has 0 bridgehead atoms.